The van der Waals surface area contributed by atoms with Gasteiger partial charge in [-0.2, -0.15) is 0 Å². The molecule has 1 N–H and O–H groups in total. The molecule has 0 aromatic heterocycles. The van der Waals surface area contributed by atoms with Gasteiger partial charge < -0.3 is 5.32 Å². The number of hydrogen-bond acceptors (Lipinski definition) is 1. The monoisotopic (exact) mass is 197 g/mol. The lowest BCUT2D eigenvalue weighted by molar-refractivity contribution is 0.160. The second kappa shape index (κ2) is 5.75. The van der Waals surface area contributed by atoms with E-state index in [0.717, 1.165) is 23.7 Å². The first-order valence-corrected chi connectivity index (χ1v) is 6.33. The molecule has 0 spiro atoms. The minimum Gasteiger partial charge on any atom is -0.317 e. The van der Waals surface area contributed by atoms with Crippen LogP contribution in [0.5, 0.6) is 0 Å². The van der Waals surface area contributed by atoms with Crippen LogP contribution in [0.25, 0.3) is 0 Å². The lowest BCUT2D eigenvalue weighted by atomic mass is 9.73. The van der Waals surface area contributed by atoms with Gasteiger partial charge in [-0.25, -0.2) is 0 Å². The third-order valence-corrected chi connectivity index (χ3v) is 3.81. The molecule has 1 aliphatic heterocycles. The summed E-state index contributed by atoms with van der Waals surface area (Å²) >= 11 is 0. The van der Waals surface area contributed by atoms with Crippen LogP contribution in [0, 0.1) is 23.7 Å². The summed E-state index contributed by atoms with van der Waals surface area (Å²) in [6.45, 7) is 12.0. The zero-order chi connectivity index (χ0) is 10.6. The predicted octanol–water partition coefficient (Wildman–Crippen LogP) is 3.30. The van der Waals surface area contributed by atoms with Gasteiger partial charge in [0.25, 0.3) is 0 Å². The average molecular weight is 197 g/mol. The molecule has 0 bridgehead atoms. The van der Waals surface area contributed by atoms with E-state index in [9.17, 15) is 0 Å². The Labute approximate surface area is 89.7 Å². The Hall–Kier alpha value is -0.0400. The first kappa shape index (κ1) is 12.0. The van der Waals surface area contributed by atoms with Gasteiger partial charge in [0.1, 0.15) is 0 Å². The molecule has 1 nitrogen and oxygen atoms in total. The molecule has 1 aliphatic rings. The van der Waals surface area contributed by atoms with Crippen molar-refractivity contribution in [2.45, 2.75) is 47.0 Å². The number of rotatable bonds is 2. The average Bonchev–Trinajstić information content (AvgIpc) is 2.01. The molecule has 1 saturated heterocycles. The fourth-order valence-corrected chi connectivity index (χ4v) is 2.94. The van der Waals surface area contributed by atoms with Gasteiger partial charge in [-0.15, -0.1) is 0 Å². The molecule has 1 heteroatoms. The first-order chi connectivity index (χ1) is 6.63. The quantitative estimate of drug-likeness (QED) is 0.716. The maximum Gasteiger partial charge on any atom is -0.00461 e. The SMILES string of the molecule is CC(C)C1CCCNCCC1C(C)C. The molecule has 2 unspecified atom stereocenters. The van der Waals surface area contributed by atoms with Gasteiger partial charge in [-0.05, 0) is 56.0 Å². The molecule has 1 fully saturated rings. The van der Waals surface area contributed by atoms with E-state index in [-0.39, 0.29) is 0 Å². The second-order valence-corrected chi connectivity index (χ2v) is 5.50. The zero-order valence-corrected chi connectivity index (χ0v) is 10.3. The summed E-state index contributed by atoms with van der Waals surface area (Å²) in [5, 5.41) is 3.53. The molecule has 0 saturated carbocycles. The van der Waals surface area contributed by atoms with Crippen molar-refractivity contribution in [3.05, 3.63) is 0 Å². The lowest BCUT2D eigenvalue weighted by Crippen LogP contribution is -2.32. The van der Waals surface area contributed by atoms with Gasteiger partial charge in [0.15, 0.2) is 0 Å². The molecule has 0 aliphatic carbocycles. The van der Waals surface area contributed by atoms with Crippen LogP contribution >= 0.6 is 0 Å². The van der Waals surface area contributed by atoms with Crippen molar-refractivity contribution in [3.8, 4) is 0 Å². The largest absolute Gasteiger partial charge is 0.317 e. The summed E-state index contributed by atoms with van der Waals surface area (Å²) in [6.07, 6.45) is 4.17. The Bertz CT molecular complexity index is 133. The third-order valence-electron chi connectivity index (χ3n) is 3.81. The maximum atomic E-state index is 3.53. The van der Waals surface area contributed by atoms with Crippen molar-refractivity contribution < 1.29 is 0 Å². The van der Waals surface area contributed by atoms with E-state index in [4.69, 9.17) is 0 Å². The number of hydrogen-bond donors (Lipinski definition) is 1. The van der Waals surface area contributed by atoms with Crippen LogP contribution in [0.4, 0.5) is 0 Å². The van der Waals surface area contributed by atoms with E-state index in [2.05, 4.69) is 33.0 Å². The second-order valence-electron chi connectivity index (χ2n) is 5.50. The molecule has 2 atom stereocenters. The van der Waals surface area contributed by atoms with Crippen LogP contribution in [0.15, 0.2) is 0 Å². The molecule has 0 radical (unpaired) electrons. The van der Waals surface area contributed by atoms with E-state index in [0.29, 0.717) is 0 Å². The van der Waals surface area contributed by atoms with Gasteiger partial charge in [0, 0.05) is 0 Å². The highest BCUT2D eigenvalue weighted by Crippen LogP contribution is 2.34. The molecular formula is C13H27N. The maximum absolute atomic E-state index is 3.53. The standard InChI is InChI=1S/C13H27N/c1-10(2)12-6-5-8-14-9-7-13(12)11(3)4/h10-14H,5-9H2,1-4H3. The first-order valence-electron chi connectivity index (χ1n) is 6.33. The molecule has 0 aromatic rings. The Kier molecular flexibility index (Phi) is 4.94. The Morgan fingerprint density at radius 3 is 2.00 bits per heavy atom. The van der Waals surface area contributed by atoms with Crippen molar-refractivity contribution in [2.75, 3.05) is 13.1 Å². The van der Waals surface area contributed by atoms with Crippen molar-refractivity contribution in [1.29, 1.82) is 0 Å². The van der Waals surface area contributed by atoms with E-state index in [1.165, 1.54) is 32.4 Å². The van der Waals surface area contributed by atoms with Gasteiger partial charge in [0.05, 0.1) is 0 Å². The van der Waals surface area contributed by atoms with Crippen LogP contribution in [0.3, 0.4) is 0 Å². The highest BCUT2D eigenvalue weighted by Gasteiger charge is 2.27. The minimum absolute atomic E-state index is 0.849. The molecular weight excluding hydrogens is 170 g/mol. The van der Waals surface area contributed by atoms with Crippen molar-refractivity contribution >= 4 is 0 Å². The van der Waals surface area contributed by atoms with E-state index < -0.39 is 0 Å². The van der Waals surface area contributed by atoms with Crippen LogP contribution in [0.1, 0.15) is 47.0 Å². The summed E-state index contributed by atoms with van der Waals surface area (Å²) in [5.41, 5.74) is 0. The van der Waals surface area contributed by atoms with Crippen LogP contribution < -0.4 is 5.32 Å². The topological polar surface area (TPSA) is 12.0 Å². The third kappa shape index (κ3) is 3.27. The Morgan fingerprint density at radius 2 is 1.43 bits per heavy atom. The molecule has 1 rings (SSSR count). The molecule has 14 heavy (non-hydrogen) atoms. The molecule has 0 amide bonds. The van der Waals surface area contributed by atoms with E-state index in [1.807, 2.05) is 0 Å². The summed E-state index contributed by atoms with van der Waals surface area (Å²) in [5.74, 6) is 3.60. The fourth-order valence-electron chi connectivity index (χ4n) is 2.94. The highest BCUT2D eigenvalue weighted by molar-refractivity contribution is 4.78. The molecule has 84 valence electrons. The predicted molar refractivity (Wildman–Crippen MR) is 63.4 cm³/mol. The van der Waals surface area contributed by atoms with Gasteiger partial charge >= 0.3 is 0 Å². The number of nitrogens with one attached hydrogen (secondary N) is 1. The lowest BCUT2D eigenvalue weighted by Gasteiger charge is -2.35. The van der Waals surface area contributed by atoms with Gasteiger partial charge in [0.2, 0.25) is 0 Å². The Balaban J connectivity index is 2.60. The van der Waals surface area contributed by atoms with Crippen LogP contribution in [-0.2, 0) is 0 Å². The van der Waals surface area contributed by atoms with E-state index in [1.54, 1.807) is 0 Å². The molecule has 0 aromatic carbocycles. The van der Waals surface area contributed by atoms with Gasteiger partial charge in [-0.1, -0.05) is 27.7 Å². The van der Waals surface area contributed by atoms with Crippen LogP contribution in [0.2, 0.25) is 0 Å². The minimum atomic E-state index is 0.849. The van der Waals surface area contributed by atoms with Crippen LogP contribution in [-0.4, -0.2) is 13.1 Å². The fraction of sp³-hybridized carbons (Fsp3) is 1.00. The smallest absolute Gasteiger partial charge is 0.00461 e. The highest BCUT2D eigenvalue weighted by atomic mass is 14.8. The van der Waals surface area contributed by atoms with Gasteiger partial charge in [-0.3, -0.25) is 0 Å². The Morgan fingerprint density at radius 1 is 0.857 bits per heavy atom. The van der Waals surface area contributed by atoms with E-state index >= 15 is 0 Å². The summed E-state index contributed by atoms with van der Waals surface area (Å²) < 4.78 is 0. The summed E-state index contributed by atoms with van der Waals surface area (Å²) in [7, 11) is 0. The molecule has 1 heterocycles. The summed E-state index contributed by atoms with van der Waals surface area (Å²) in [6, 6.07) is 0. The zero-order valence-electron chi connectivity index (χ0n) is 10.3. The van der Waals surface area contributed by atoms with Crippen molar-refractivity contribution in [1.82, 2.24) is 5.32 Å². The summed E-state index contributed by atoms with van der Waals surface area (Å²) in [4.78, 5) is 0. The van der Waals surface area contributed by atoms with Crippen molar-refractivity contribution in [3.63, 3.8) is 0 Å². The van der Waals surface area contributed by atoms with Crippen molar-refractivity contribution in [2.24, 2.45) is 23.7 Å². The normalized spacial score (nSPS) is 30.4.